The molecule has 22 heavy (non-hydrogen) atoms. The fraction of sp³-hybridized carbons (Fsp3) is 0.400. The molecule has 1 N–H and O–H groups in total. The van der Waals surface area contributed by atoms with Gasteiger partial charge in [0.15, 0.2) is 5.82 Å². The Bertz CT molecular complexity index is 746. The van der Waals surface area contributed by atoms with Gasteiger partial charge < -0.3 is 0 Å². The second-order valence-corrected chi connectivity index (χ2v) is 6.75. The van der Waals surface area contributed by atoms with Crippen molar-refractivity contribution in [1.82, 2.24) is 14.9 Å². The first-order valence-corrected chi connectivity index (χ1v) is 8.52. The molecule has 0 aliphatic heterocycles. The third kappa shape index (κ3) is 3.35. The Morgan fingerprint density at radius 2 is 2.14 bits per heavy atom. The Morgan fingerprint density at radius 1 is 1.36 bits per heavy atom. The average Bonchev–Trinajstić information content (AvgIpc) is 2.90. The van der Waals surface area contributed by atoms with Crippen molar-refractivity contribution in [2.45, 2.75) is 38.0 Å². The van der Waals surface area contributed by atoms with Gasteiger partial charge in [0, 0.05) is 16.0 Å². The first kappa shape index (κ1) is 15.6. The van der Waals surface area contributed by atoms with E-state index in [1.807, 2.05) is 0 Å². The lowest BCUT2D eigenvalue weighted by Crippen LogP contribution is -2.10. The molecule has 116 valence electrons. The van der Waals surface area contributed by atoms with Crippen LogP contribution in [0.15, 0.2) is 27.8 Å². The van der Waals surface area contributed by atoms with E-state index in [0.717, 1.165) is 23.1 Å². The SMILES string of the molecule is Fc1ccc(Br)cc1/C=N/n1c(C2CCCCC2)n[nH]c1=S. The van der Waals surface area contributed by atoms with Gasteiger partial charge in [0.25, 0.3) is 0 Å². The molecule has 0 amide bonds. The molecule has 1 heterocycles. The highest BCUT2D eigenvalue weighted by Gasteiger charge is 2.21. The van der Waals surface area contributed by atoms with Crippen LogP contribution in [0.1, 0.15) is 49.4 Å². The van der Waals surface area contributed by atoms with Gasteiger partial charge >= 0.3 is 0 Å². The maximum Gasteiger partial charge on any atom is 0.216 e. The molecule has 3 rings (SSSR count). The van der Waals surface area contributed by atoms with E-state index in [2.05, 4.69) is 31.2 Å². The second-order valence-electron chi connectivity index (χ2n) is 5.44. The zero-order valence-corrected chi connectivity index (χ0v) is 14.3. The van der Waals surface area contributed by atoms with Crippen molar-refractivity contribution in [3.05, 3.63) is 44.6 Å². The van der Waals surface area contributed by atoms with Crippen molar-refractivity contribution < 1.29 is 4.39 Å². The predicted octanol–water partition coefficient (Wildman–Crippen LogP) is 4.77. The van der Waals surface area contributed by atoms with Crippen LogP contribution in [0.2, 0.25) is 0 Å². The lowest BCUT2D eigenvalue weighted by Gasteiger charge is -2.19. The number of nitrogens with zero attached hydrogens (tertiary/aromatic N) is 3. The van der Waals surface area contributed by atoms with Crippen LogP contribution in [-0.2, 0) is 0 Å². The van der Waals surface area contributed by atoms with Crippen LogP contribution in [0.3, 0.4) is 0 Å². The summed E-state index contributed by atoms with van der Waals surface area (Å²) in [5, 5.41) is 11.5. The number of hydrogen-bond acceptors (Lipinski definition) is 3. The number of benzene rings is 1. The summed E-state index contributed by atoms with van der Waals surface area (Å²) in [5.41, 5.74) is 0.409. The Hall–Kier alpha value is -1.34. The van der Waals surface area contributed by atoms with Crippen LogP contribution in [0.4, 0.5) is 4.39 Å². The number of hydrogen-bond donors (Lipinski definition) is 1. The van der Waals surface area contributed by atoms with Gasteiger partial charge in [-0.15, -0.1) is 0 Å². The van der Waals surface area contributed by atoms with Gasteiger partial charge in [-0.3, -0.25) is 5.10 Å². The Labute approximate surface area is 141 Å². The highest BCUT2D eigenvalue weighted by Crippen LogP contribution is 2.31. The molecule has 1 fully saturated rings. The third-order valence-electron chi connectivity index (χ3n) is 3.92. The molecular weight excluding hydrogens is 367 g/mol. The van der Waals surface area contributed by atoms with Crippen LogP contribution >= 0.6 is 28.1 Å². The molecule has 0 unspecified atom stereocenters. The Balaban J connectivity index is 1.91. The lowest BCUT2D eigenvalue weighted by molar-refractivity contribution is 0.419. The highest BCUT2D eigenvalue weighted by molar-refractivity contribution is 9.10. The first-order chi connectivity index (χ1) is 10.6. The standard InChI is InChI=1S/C15H16BrFN4S/c16-12-6-7-13(17)11(8-12)9-18-21-14(19-20-15(21)22)10-4-2-1-3-5-10/h6-10H,1-5H2,(H,20,22)/b18-9+. The van der Waals surface area contributed by atoms with Crippen molar-refractivity contribution in [3.63, 3.8) is 0 Å². The second kappa shape index (κ2) is 6.83. The van der Waals surface area contributed by atoms with Crippen LogP contribution < -0.4 is 0 Å². The van der Waals surface area contributed by atoms with E-state index < -0.39 is 0 Å². The molecule has 1 aliphatic carbocycles. The van der Waals surface area contributed by atoms with Crippen molar-refractivity contribution in [2.24, 2.45) is 5.10 Å². The first-order valence-electron chi connectivity index (χ1n) is 7.32. The molecule has 0 saturated heterocycles. The molecule has 0 bridgehead atoms. The quantitative estimate of drug-likeness (QED) is 0.613. The van der Waals surface area contributed by atoms with Crippen LogP contribution in [0.5, 0.6) is 0 Å². The number of aromatic amines is 1. The van der Waals surface area contributed by atoms with Crippen molar-refractivity contribution in [1.29, 1.82) is 0 Å². The molecule has 1 aliphatic rings. The topological polar surface area (TPSA) is 46.0 Å². The summed E-state index contributed by atoms with van der Waals surface area (Å²) < 4.78 is 16.6. The molecule has 1 aromatic carbocycles. The third-order valence-corrected chi connectivity index (χ3v) is 4.67. The minimum atomic E-state index is -0.318. The van der Waals surface area contributed by atoms with E-state index in [0.29, 0.717) is 16.3 Å². The van der Waals surface area contributed by atoms with E-state index in [1.165, 1.54) is 31.5 Å². The van der Waals surface area contributed by atoms with E-state index in [1.54, 1.807) is 16.8 Å². The molecule has 7 heteroatoms. The minimum absolute atomic E-state index is 0.318. The summed E-state index contributed by atoms with van der Waals surface area (Å²) in [6.45, 7) is 0. The van der Waals surface area contributed by atoms with E-state index in [9.17, 15) is 4.39 Å². The maximum atomic E-state index is 13.8. The zero-order chi connectivity index (χ0) is 15.5. The van der Waals surface area contributed by atoms with Crippen LogP contribution in [0.25, 0.3) is 0 Å². The number of H-pyrrole nitrogens is 1. The Morgan fingerprint density at radius 3 is 2.91 bits per heavy atom. The van der Waals surface area contributed by atoms with Crippen LogP contribution in [0, 0.1) is 10.6 Å². The summed E-state index contributed by atoms with van der Waals surface area (Å²) >= 11 is 8.58. The van der Waals surface area contributed by atoms with Gasteiger partial charge in [-0.1, -0.05) is 35.2 Å². The van der Waals surface area contributed by atoms with Crippen LogP contribution in [-0.4, -0.2) is 21.1 Å². The normalized spacial score (nSPS) is 16.5. The average molecular weight is 383 g/mol. The summed E-state index contributed by atoms with van der Waals surface area (Å²) in [4.78, 5) is 0. The molecule has 1 saturated carbocycles. The van der Waals surface area contributed by atoms with Crippen molar-refractivity contribution >= 4 is 34.4 Å². The summed E-state index contributed by atoms with van der Waals surface area (Å²) in [6.07, 6.45) is 7.36. The summed E-state index contributed by atoms with van der Waals surface area (Å²) in [7, 11) is 0. The van der Waals surface area contributed by atoms with Gasteiger partial charge in [-0.25, -0.2) is 4.39 Å². The largest absolute Gasteiger partial charge is 0.250 e. The molecule has 0 spiro atoms. The number of nitrogens with one attached hydrogen (secondary N) is 1. The molecular formula is C15H16BrFN4S. The molecule has 2 aromatic rings. The number of halogens is 2. The minimum Gasteiger partial charge on any atom is -0.250 e. The van der Waals surface area contributed by atoms with E-state index in [-0.39, 0.29) is 5.82 Å². The molecule has 4 nitrogen and oxygen atoms in total. The predicted molar refractivity (Wildman–Crippen MR) is 90.3 cm³/mol. The smallest absolute Gasteiger partial charge is 0.216 e. The van der Waals surface area contributed by atoms with Gasteiger partial charge in [-0.2, -0.15) is 14.9 Å². The monoisotopic (exact) mass is 382 g/mol. The number of aromatic nitrogens is 3. The molecule has 0 atom stereocenters. The van der Waals surface area contributed by atoms with Gasteiger partial charge in [0.2, 0.25) is 4.77 Å². The fourth-order valence-corrected chi connectivity index (χ4v) is 3.34. The fourth-order valence-electron chi connectivity index (χ4n) is 2.77. The van der Waals surface area contributed by atoms with E-state index >= 15 is 0 Å². The highest BCUT2D eigenvalue weighted by atomic mass is 79.9. The van der Waals surface area contributed by atoms with Gasteiger partial charge in [-0.05, 0) is 43.3 Å². The van der Waals surface area contributed by atoms with Gasteiger partial charge in [0.05, 0.1) is 6.21 Å². The zero-order valence-electron chi connectivity index (χ0n) is 11.9. The molecule has 1 aromatic heterocycles. The summed E-state index contributed by atoms with van der Waals surface area (Å²) in [5.74, 6) is 0.892. The number of rotatable bonds is 3. The van der Waals surface area contributed by atoms with E-state index in [4.69, 9.17) is 12.2 Å². The summed E-state index contributed by atoms with van der Waals surface area (Å²) in [6, 6.07) is 4.74. The van der Waals surface area contributed by atoms with Gasteiger partial charge in [0.1, 0.15) is 5.82 Å². The van der Waals surface area contributed by atoms with Crippen molar-refractivity contribution in [2.75, 3.05) is 0 Å². The maximum absolute atomic E-state index is 13.8. The molecule has 0 radical (unpaired) electrons. The Kier molecular flexibility index (Phi) is 4.83. The van der Waals surface area contributed by atoms with Crippen molar-refractivity contribution in [3.8, 4) is 0 Å². The lowest BCUT2D eigenvalue weighted by atomic mass is 9.89.